The predicted molar refractivity (Wildman–Crippen MR) is 98.8 cm³/mol. The van der Waals surface area contributed by atoms with Gasteiger partial charge in [-0.15, -0.1) is 0 Å². The zero-order valence-corrected chi connectivity index (χ0v) is 16.2. The van der Waals surface area contributed by atoms with Crippen LogP contribution in [0.1, 0.15) is 37.0 Å². The number of hydrogen-bond acceptors (Lipinski definition) is 6. The van der Waals surface area contributed by atoms with Crippen LogP contribution in [0.15, 0.2) is 18.2 Å². The molecule has 0 saturated carbocycles. The summed E-state index contributed by atoms with van der Waals surface area (Å²) in [5, 5.41) is 15.3. The minimum absolute atomic E-state index is 0.186. The molecule has 150 valence electrons. The van der Waals surface area contributed by atoms with Crippen molar-refractivity contribution in [2.75, 3.05) is 20.8 Å². The maximum atomic E-state index is 12.7. The Hall–Kier alpha value is -2.32. The third kappa shape index (κ3) is 5.83. The molecule has 1 heterocycles. The number of aliphatic hydroxyl groups is 1. The minimum atomic E-state index is -1.02. The lowest BCUT2D eigenvalue weighted by Crippen LogP contribution is -2.51. The maximum Gasteiger partial charge on any atom is 0.252 e. The Labute approximate surface area is 159 Å². The number of methoxy groups -OCH3 is 2. The lowest BCUT2D eigenvalue weighted by molar-refractivity contribution is -0.127. The van der Waals surface area contributed by atoms with E-state index in [1.54, 1.807) is 18.2 Å². The first-order valence-corrected chi connectivity index (χ1v) is 8.98. The Morgan fingerprint density at radius 3 is 2.33 bits per heavy atom. The lowest BCUT2D eigenvalue weighted by Gasteiger charge is -2.23. The molecule has 8 nitrogen and oxygen atoms in total. The van der Waals surface area contributed by atoms with E-state index >= 15 is 0 Å². The second-order valence-electron chi connectivity index (χ2n) is 6.92. The fourth-order valence-corrected chi connectivity index (χ4v) is 2.88. The zero-order chi connectivity index (χ0) is 20.0. The van der Waals surface area contributed by atoms with Gasteiger partial charge in [0.25, 0.3) is 5.91 Å². The summed E-state index contributed by atoms with van der Waals surface area (Å²) in [5.74, 6) is 0.398. The van der Waals surface area contributed by atoms with Gasteiger partial charge in [0.2, 0.25) is 5.91 Å². The molecule has 0 bridgehead atoms. The minimum Gasteiger partial charge on any atom is -0.497 e. The summed E-state index contributed by atoms with van der Waals surface area (Å²) in [4.78, 5) is 25.4. The number of benzene rings is 1. The van der Waals surface area contributed by atoms with Crippen LogP contribution in [0.2, 0.25) is 0 Å². The number of hydrogen-bond donors (Lipinski definition) is 3. The van der Waals surface area contributed by atoms with Crippen molar-refractivity contribution in [3.05, 3.63) is 23.8 Å². The highest BCUT2D eigenvalue weighted by Crippen LogP contribution is 2.22. The van der Waals surface area contributed by atoms with Crippen molar-refractivity contribution in [1.82, 2.24) is 10.6 Å². The quantitative estimate of drug-likeness (QED) is 0.623. The second-order valence-corrected chi connectivity index (χ2v) is 6.92. The summed E-state index contributed by atoms with van der Waals surface area (Å²) >= 11 is 0. The normalized spacial score (nSPS) is 20.2. The smallest absolute Gasteiger partial charge is 0.252 e. The van der Waals surface area contributed by atoms with Crippen molar-refractivity contribution in [2.45, 2.75) is 45.1 Å². The molecule has 27 heavy (non-hydrogen) atoms. The molecule has 2 unspecified atom stereocenters. The standard InChI is InChI=1S/C19H28N2O6/c1-11(2)7-16(18(23)20-15-5-6-27-19(15)24)21-17(22)12-8-13(25-3)10-14(9-12)26-4/h8-11,15-16,19,24H,5-7H2,1-4H3,(H,20,23)(H,21,22)/t15-,16?,19?/m0/s1. The van der Waals surface area contributed by atoms with E-state index in [0.29, 0.717) is 36.5 Å². The van der Waals surface area contributed by atoms with E-state index in [2.05, 4.69) is 10.6 Å². The zero-order valence-electron chi connectivity index (χ0n) is 16.2. The van der Waals surface area contributed by atoms with Crippen molar-refractivity contribution in [3.63, 3.8) is 0 Å². The van der Waals surface area contributed by atoms with Gasteiger partial charge in [-0.1, -0.05) is 13.8 Å². The molecule has 1 aromatic rings. The van der Waals surface area contributed by atoms with Gasteiger partial charge in [-0.25, -0.2) is 0 Å². The molecule has 1 aliphatic heterocycles. The largest absolute Gasteiger partial charge is 0.497 e. The average molecular weight is 380 g/mol. The summed E-state index contributed by atoms with van der Waals surface area (Å²) < 4.78 is 15.4. The van der Waals surface area contributed by atoms with Crippen LogP contribution >= 0.6 is 0 Å². The molecular formula is C19H28N2O6. The summed E-state index contributed by atoms with van der Waals surface area (Å²) in [6.45, 7) is 4.32. The van der Waals surface area contributed by atoms with Gasteiger partial charge in [0, 0.05) is 11.6 Å². The van der Waals surface area contributed by atoms with E-state index in [1.165, 1.54) is 14.2 Å². The molecule has 3 atom stereocenters. The third-order valence-corrected chi connectivity index (χ3v) is 4.33. The van der Waals surface area contributed by atoms with Crippen LogP contribution < -0.4 is 20.1 Å². The van der Waals surface area contributed by atoms with Crippen LogP contribution in [0.4, 0.5) is 0 Å². The van der Waals surface area contributed by atoms with E-state index in [0.717, 1.165) is 0 Å². The Balaban J connectivity index is 2.12. The number of ether oxygens (including phenoxy) is 3. The molecule has 0 radical (unpaired) electrons. The van der Waals surface area contributed by atoms with Crippen molar-refractivity contribution < 1.29 is 28.9 Å². The molecule has 0 aromatic heterocycles. The SMILES string of the molecule is COc1cc(OC)cc(C(=O)NC(CC(C)C)C(=O)N[C@H]2CCOC2O)c1. The van der Waals surface area contributed by atoms with E-state index < -0.39 is 24.3 Å². The lowest BCUT2D eigenvalue weighted by atomic mass is 10.0. The van der Waals surface area contributed by atoms with Gasteiger partial charge in [-0.05, 0) is 30.9 Å². The second kappa shape index (κ2) is 9.57. The van der Waals surface area contributed by atoms with Crippen molar-refractivity contribution in [2.24, 2.45) is 5.92 Å². The number of nitrogens with one attached hydrogen (secondary N) is 2. The summed E-state index contributed by atoms with van der Waals surface area (Å²) in [7, 11) is 3.00. The Morgan fingerprint density at radius 2 is 1.85 bits per heavy atom. The summed E-state index contributed by atoms with van der Waals surface area (Å²) in [6, 6.07) is 3.62. The van der Waals surface area contributed by atoms with Crippen LogP contribution in [0, 0.1) is 5.92 Å². The average Bonchev–Trinajstić information content (AvgIpc) is 3.04. The monoisotopic (exact) mass is 380 g/mol. The highest BCUT2D eigenvalue weighted by molar-refractivity contribution is 5.98. The van der Waals surface area contributed by atoms with Crippen molar-refractivity contribution in [3.8, 4) is 11.5 Å². The maximum absolute atomic E-state index is 12.7. The number of amides is 2. The van der Waals surface area contributed by atoms with Crippen molar-refractivity contribution >= 4 is 11.8 Å². The Bertz CT molecular complexity index is 641. The Kier molecular flexibility index (Phi) is 7.44. The van der Waals surface area contributed by atoms with Gasteiger partial charge in [-0.2, -0.15) is 0 Å². The number of aliphatic hydroxyl groups excluding tert-OH is 1. The summed E-state index contributed by atoms with van der Waals surface area (Å²) in [5.41, 5.74) is 0.331. The van der Waals surface area contributed by atoms with Crippen LogP contribution in [0.3, 0.4) is 0 Å². The van der Waals surface area contributed by atoms with E-state index in [-0.39, 0.29) is 11.8 Å². The van der Waals surface area contributed by atoms with E-state index in [4.69, 9.17) is 14.2 Å². The van der Waals surface area contributed by atoms with E-state index in [9.17, 15) is 14.7 Å². The first-order valence-electron chi connectivity index (χ1n) is 8.98. The van der Waals surface area contributed by atoms with Gasteiger partial charge >= 0.3 is 0 Å². The molecule has 0 aliphatic carbocycles. The molecule has 2 amide bonds. The molecule has 1 saturated heterocycles. The van der Waals surface area contributed by atoms with Gasteiger partial charge in [0.05, 0.1) is 26.9 Å². The van der Waals surface area contributed by atoms with Crippen LogP contribution in [-0.2, 0) is 9.53 Å². The third-order valence-electron chi connectivity index (χ3n) is 4.33. The number of rotatable bonds is 8. The summed E-state index contributed by atoms with van der Waals surface area (Å²) in [6.07, 6.45) is -0.0305. The first-order chi connectivity index (χ1) is 12.8. The van der Waals surface area contributed by atoms with Gasteiger partial charge in [0.1, 0.15) is 17.5 Å². The van der Waals surface area contributed by atoms with Gasteiger partial charge in [0.15, 0.2) is 6.29 Å². The number of carbonyl (C=O) groups excluding carboxylic acids is 2. The molecule has 1 fully saturated rings. The highest BCUT2D eigenvalue weighted by Gasteiger charge is 2.31. The van der Waals surface area contributed by atoms with Crippen LogP contribution in [-0.4, -0.2) is 56.1 Å². The molecule has 8 heteroatoms. The molecule has 0 spiro atoms. The van der Waals surface area contributed by atoms with Gasteiger partial charge < -0.3 is 30.0 Å². The predicted octanol–water partition coefficient (Wildman–Crippen LogP) is 1.07. The topological polar surface area (TPSA) is 106 Å². The van der Waals surface area contributed by atoms with Crippen LogP contribution in [0.5, 0.6) is 11.5 Å². The van der Waals surface area contributed by atoms with E-state index in [1.807, 2.05) is 13.8 Å². The molecule has 2 rings (SSSR count). The molecule has 1 aromatic carbocycles. The Morgan fingerprint density at radius 1 is 1.22 bits per heavy atom. The first kappa shape index (κ1) is 21.0. The fourth-order valence-electron chi connectivity index (χ4n) is 2.88. The van der Waals surface area contributed by atoms with Crippen LogP contribution in [0.25, 0.3) is 0 Å². The fraction of sp³-hybridized carbons (Fsp3) is 0.579. The highest BCUT2D eigenvalue weighted by atomic mass is 16.6. The van der Waals surface area contributed by atoms with Crippen molar-refractivity contribution in [1.29, 1.82) is 0 Å². The molecule has 3 N–H and O–H groups in total. The van der Waals surface area contributed by atoms with Gasteiger partial charge in [-0.3, -0.25) is 9.59 Å². The molecule has 1 aliphatic rings. The molecular weight excluding hydrogens is 352 g/mol. The number of carbonyl (C=O) groups is 2.